The molecule has 206 valence electrons. The van der Waals surface area contributed by atoms with Crippen molar-refractivity contribution in [1.29, 1.82) is 0 Å². The minimum absolute atomic E-state index is 0.0268. The van der Waals surface area contributed by atoms with Gasteiger partial charge in [-0.2, -0.15) is 10.2 Å². The number of aliphatic hydroxyl groups excluding tert-OH is 1. The normalized spacial score (nSPS) is 12.7. The largest absolute Gasteiger partial charge is 0.496 e. The zero-order valence-corrected chi connectivity index (χ0v) is 22.2. The van der Waals surface area contributed by atoms with Crippen molar-refractivity contribution in [3.63, 3.8) is 0 Å². The Morgan fingerprint density at radius 2 is 1.87 bits per heavy atom. The Kier molecular flexibility index (Phi) is 9.17. The number of hydrogen-bond acceptors (Lipinski definition) is 9. The third kappa shape index (κ3) is 6.21. The van der Waals surface area contributed by atoms with Gasteiger partial charge in [0.05, 0.1) is 39.3 Å². The van der Waals surface area contributed by atoms with Gasteiger partial charge < -0.3 is 19.3 Å². The van der Waals surface area contributed by atoms with Crippen LogP contribution in [0.15, 0.2) is 70.7 Å². The first kappa shape index (κ1) is 28.1. The maximum atomic E-state index is 14.2. The second kappa shape index (κ2) is 12.7. The number of thiol groups is 1. The average Bonchev–Trinajstić information content (AvgIpc) is 3.56. The van der Waals surface area contributed by atoms with Gasteiger partial charge in [-0.05, 0) is 30.7 Å². The van der Waals surface area contributed by atoms with Gasteiger partial charge in [0.15, 0.2) is 5.82 Å². The monoisotopic (exact) mass is 557 g/mol. The fourth-order valence-electron chi connectivity index (χ4n) is 4.08. The third-order valence-corrected chi connectivity index (χ3v) is 6.42. The van der Waals surface area contributed by atoms with Gasteiger partial charge >= 0.3 is 11.7 Å². The van der Waals surface area contributed by atoms with Crippen molar-refractivity contribution in [3.05, 3.63) is 88.4 Å². The van der Waals surface area contributed by atoms with E-state index in [0.29, 0.717) is 11.3 Å². The molecule has 2 aromatic carbocycles. The summed E-state index contributed by atoms with van der Waals surface area (Å²) in [5.74, 6) is -0.723. The van der Waals surface area contributed by atoms with Crippen LogP contribution >= 0.6 is 12.6 Å². The summed E-state index contributed by atoms with van der Waals surface area (Å²) < 4.78 is 33.3. The van der Waals surface area contributed by atoms with E-state index in [0.717, 1.165) is 5.56 Å². The molecule has 0 aliphatic heterocycles. The lowest BCUT2D eigenvalue weighted by atomic mass is 10.1. The molecule has 0 saturated carbocycles. The molecule has 11 nitrogen and oxygen atoms in total. The zero-order chi connectivity index (χ0) is 27.9. The summed E-state index contributed by atoms with van der Waals surface area (Å²) in [6, 6.07) is 12.0. The minimum Gasteiger partial charge on any atom is -0.496 e. The lowest BCUT2D eigenvalue weighted by Crippen LogP contribution is -2.33. The molecule has 1 unspecified atom stereocenters. The average molecular weight is 558 g/mol. The molecule has 2 aromatic heterocycles. The second-order valence-corrected chi connectivity index (χ2v) is 8.89. The van der Waals surface area contributed by atoms with Crippen molar-refractivity contribution >= 4 is 18.6 Å². The standard InChI is InChI=1S/C26H28FN5O6S/c1-17(25(34)38-16-18-6-4-3-5-7-18)31-23(32-28-10-11-29-32)24(39)30(26(31)35)15-22(37-13-12-33)20-14-19(27)8-9-21(20)36-2/h3-11,14,17,22,33,39H,12-13,15-16H2,1-2H3/t17?,22-/m1/s1. The van der Waals surface area contributed by atoms with E-state index >= 15 is 0 Å². The number of benzene rings is 2. The van der Waals surface area contributed by atoms with Gasteiger partial charge in [-0.25, -0.2) is 14.0 Å². The predicted molar refractivity (Wildman–Crippen MR) is 141 cm³/mol. The fraction of sp³-hybridized carbons (Fsp3) is 0.308. The van der Waals surface area contributed by atoms with Crippen LogP contribution in [0.5, 0.6) is 5.75 Å². The lowest BCUT2D eigenvalue weighted by molar-refractivity contribution is -0.148. The van der Waals surface area contributed by atoms with Gasteiger partial charge in [0, 0.05) is 5.56 Å². The zero-order valence-electron chi connectivity index (χ0n) is 21.3. The van der Waals surface area contributed by atoms with Crippen molar-refractivity contribution in [1.82, 2.24) is 24.1 Å². The summed E-state index contributed by atoms with van der Waals surface area (Å²) in [5, 5.41) is 17.7. The van der Waals surface area contributed by atoms with Crippen molar-refractivity contribution in [2.24, 2.45) is 0 Å². The number of halogens is 1. The molecule has 0 fully saturated rings. The van der Waals surface area contributed by atoms with E-state index in [-0.39, 0.29) is 37.2 Å². The number of rotatable bonds is 12. The van der Waals surface area contributed by atoms with E-state index in [2.05, 4.69) is 22.8 Å². The molecule has 0 saturated heterocycles. The summed E-state index contributed by atoms with van der Waals surface area (Å²) in [7, 11) is 1.43. The number of esters is 1. The van der Waals surface area contributed by atoms with Gasteiger partial charge in [-0.1, -0.05) is 30.3 Å². The number of ether oxygens (including phenoxy) is 3. The van der Waals surface area contributed by atoms with E-state index in [1.165, 1.54) is 58.6 Å². The van der Waals surface area contributed by atoms with Gasteiger partial charge in [0.2, 0.25) is 0 Å². The highest BCUT2D eigenvalue weighted by molar-refractivity contribution is 7.80. The first-order valence-corrected chi connectivity index (χ1v) is 12.5. The molecular formula is C26H28FN5O6S. The molecular weight excluding hydrogens is 529 g/mol. The summed E-state index contributed by atoms with van der Waals surface area (Å²) >= 11 is 4.59. The summed E-state index contributed by atoms with van der Waals surface area (Å²) in [6.45, 7) is 1.01. The number of nitrogens with zero attached hydrogens (tertiary/aromatic N) is 5. The van der Waals surface area contributed by atoms with Gasteiger partial charge in [0.25, 0.3) is 0 Å². The minimum atomic E-state index is -1.07. The number of imidazole rings is 1. The molecule has 13 heteroatoms. The Hall–Kier alpha value is -3.94. The van der Waals surface area contributed by atoms with E-state index in [1.54, 1.807) is 0 Å². The molecule has 0 aliphatic rings. The van der Waals surface area contributed by atoms with E-state index in [4.69, 9.17) is 14.2 Å². The Morgan fingerprint density at radius 3 is 2.54 bits per heavy atom. The van der Waals surface area contributed by atoms with Crippen LogP contribution in [0.2, 0.25) is 0 Å². The maximum Gasteiger partial charge on any atom is 0.331 e. The number of aromatic nitrogens is 5. The number of hydrogen-bond donors (Lipinski definition) is 2. The third-order valence-electron chi connectivity index (χ3n) is 5.98. The maximum absolute atomic E-state index is 14.2. The number of carbonyl (C=O) groups is 1. The lowest BCUT2D eigenvalue weighted by Gasteiger charge is -2.21. The molecule has 0 aliphatic carbocycles. The molecule has 1 N–H and O–H groups in total. The summed E-state index contributed by atoms with van der Waals surface area (Å²) in [4.78, 5) is 28.0. The van der Waals surface area contributed by atoms with Crippen LogP contribution in [0.25, 0.3) is 5.82 Å². The van der Waals surface area contributed by atoms with Crippen molar-refractivity contribution in [2.45, 2.75) is 37.2 Å². The Morgan fingerprint density at radius 1 is 1.15 bits per heavy atom. The molecule has 0 amide bonds. The highest BCUT2D eigenvalue weighted by Crippen LogP contribution is 2.31. The molecule has 2 atom stereocenters. The van der Waals surface area contributed by atoms with Crippen LogP contribution in [0.4, 0.5) is 4.39 Å². The number of carbonyl (C=O) groups excluding carboxylic acids is 1. The van der Waals surface area contributed by atoms with E-state index < -0.39 is 29.6 Å². The Balaban J connectivity index is 1.73. The molecule has 0 radical (unpaired) electrons. The van der Waals surface area contributed by atoms with Crippen molar-refractivity contribution in [2.75, 3.05) is 20.3 Å². The quantitative estimate of drug-likeness (QED) is 0.201. The fourth-order valence-corrected chi connectivity index (χ4v) is 4.44. The Bertz CT molecular complexity index is 1460. The van der Waals surface area contributed by atoms with Gasteiger partial charge in [0.1, 0.15) is 35.3 Å². The number of methoxy groups -OCH3 is 1. The smallest absolute Gasteiger partial charge is 0.331 e. The van der Waals surface area contributed by atoms with Gasteiger partial charge in [-0.15, -0.1) is 17.4 Å². The molecule has 4 rings (SSSR count). The molecule has 0 spiro atoms. The van der Waals surface area contributed by atoms with Crippen molar-refractivity contribution < 1.29 is 28.5 Å². The van der Waals surface area contributed by atoms with Crippen LogP contribution in [0.1, 0.15) is 30.2 Å². The van der Waals surface area contributed by atoms with Crippen molar-refractivity contribution in [3.8, 4) is 11.6 Å². The topological polar surface area (TPSA) is 123 Å². The molecule has 39 heavy (non-hydrogen) atoms. The van der Waals surface area contributed by atoms with Gasteiger partial charge in [-0.3, -0.25) is 9.13 Å². The first-order chi connectivity index (χ1) is 18.8. The highest BCUT2D eigenvalue weighted by Gasteiger charge is 2.30. The summed E-state index contributed by atoms with van der Waals surface area (Å²) in [6.07, 6.45) is 1.92. The SMILES string of the molecule is COc1ccc(F)cc1[C@@H](Cn1c(S)c(-n2nccn2)n(C(C)C(=O)OCc2ccccc2)c1=O)OCCO. The van der Waals surface area contributed by atoms with Crippen LogP contribution < -0.4 is 10.4 Å². The molecule has 2 heterocycles. The van der Waals surface area contributed by atoms with Crippen LogP contribution in [-0.2, 0) is 27.4 Å². The summed E-state index contributed by atoms with van der Waals surface area (Å²) in [5.41, 5.74) is 0.497. The van der Waals surface area contributed by atoms with Crippen LogP contribution in [0.3, 0.4) is 0 Å². The van der Waals surface area contributed by atoms with Crippen LogP contribution in [0, 0.1) is 5.82 Å². The Labute approximate surface area is 228 Å². The first-order valence-electron chi connectivity index (χ1n) is 12.0. The van der Waals surface area contributed by atoms with E-state index in [1.807, 2.05) is 30.3 Å². The highest BCUT2D eigenvalue weighted by atomic mass is 32.1. The predicted octanol–water partition coefficient (Wildman–Crippen LogP) is 2.72. The van der Waals surface area contributed by atoms with E-state index in [9.17, 15) is 19.1 Å². The molecule has 0 bridgehead atoms. The molecule has 4 aromatic rings. The second-order valence-electron chi connectivity index (χ2n) is 8.47. The number of aliphatic hydroxyl groups is 1. The van der Waals surface area contributed by atoms with Crippen LogP contribution in [-0.4, -0.2) is 55.5 Å².